The number of pyridine rings is 1. The van der Waals surface area contributed by atoms with E-state index in [9.17, 15) is 9.59 Å². The Balaban J connectivity index is 1.45. The van der Waals surface area contributed by atoms with Gasteiger partial charge in [-0.3, -0.25) is 9.59 Å². The number of methoxy groups -OCH3 is 1. The van der Waals surface area contributed by atoms with Gasteiger partial charge in [0.05, 0.1) is 19.1 Å². The van der Waals surface area contributed by atoms with Crippen LogP contribution in [0.15, 0.2) is 36.5 Å². The standard InChI is InChI=1S/C29H37N3O4/c1-5-15-36-26-22(7-6-8-25(26)35-4)16-20(2)24(33)10-9-21-17-23-18-29(11-13-32(3)14-12-29)28(34)31-27(23)30-19-21/h6-10,17,19-20H,5,11-16,18H2,1-4H3,(H,30,31,34). The smallest absolute Gasteiger partial charge is 0.232 e. The SMILES string of the molecule is CCCOc1c(CC(C)C(=O)C=Cc2cnc3c(c2)CC2(CCN(C)CC2)C(=O)N3)cccc1OC. The summed E-state index contributed by atoms with van der Waals surface area (Å²) in [5.41, 5.74) is 2.51. The number of ketones is 1. The van der Waals surface area contributed by atoms with Crippen molar-refractivity contribution in [1.29, 1.82) is 0 Å². The monoisotopic (exact) mass is 491 g/mol. The number of nitrogens with one attached hydrogen (secondary N) is 1. The number of rotatable bonds is 9. The van der Waals surface area contributed by atoms with E-state index in [1.807, 2.05) is 31.2 Å². The molecule has 2 aliphatic rings. The minimum atomic E-state index is -0.359. The van der Waals surface area contributed by atoms with Crippen LogP contribution in [0.1, 0.15) is 49.8 Å². The van der Waals surface area contributed by atoms with Gasteiger partial charge in [0.25, 0.3) is 0 Å². The van der Waals surface area contributed by atoms with E-state index in [0.29, 0.717) is 36.8 Å². The first-order valence-corrected chi connectivity index (χ1v) is 12.8. The number of hydrogen-bond acceptors (Lipinski definition) is 6. The van der Waals surface area contributed by atoms with Crippen LogP contribution in [0, 0.1) is 11.3 Å². The van der Waals surface area contributed by atoms with Crippen LogP contribution in [0.2, 0.25) is 0 Å². The van der Waals surface area contributed by atoms with Gasteiger partial charge in [0, 0.05) is 12.1 Å². The molecule has 0 bridgehead atoms. The van der Waals surface area contributed by atoms with Crippen molar-refractivity contribution in [3.05, 3.63) is 53.2 Å². The van der Waals surface area contributed by atoms with E-state index in [-0.39, 0.29) is 23.0 Å². The van der Waals surface area contributed by atoms with Gasteiger partial charge in [0.2, 0.25) is 5.91 Å². The highest BCUT2D eigenvalue weighted by atomic mass is 16.5. The molecule has 36 heavy (non-hydrogen) atoms. The Morgan fingerprint density at radius 3 is 2.81 bits per heavy atom. The molecule has 3 heterocycles. The summed E-state index contributed by atoms with van der Waals surface area (Å²) in [5, 5.41) is 3.02. The average molecular weight is 492 g/mol. The number of nitrogens with zero attached hydrogens (tertiary/aromatic N) is 2. The van der Waals surface area contributed by atoms with Crippen LogP contribution >= 0.6 is 0 Å². The minimum absolute atomic E-state index is 0.0390. The van der Waals surface area contributed by atoms with Crippen molar-refractivity contribution < 1.29 is 19.1 Å². The fourth-order valence-corrected chi connectivity index (χ4v) is 5.03. The molecule has 1 saturated heterocycles. The summed E-state index contributed by atoms with van der Waals surface area (Å²) >= 11 is 0. The zero-order chi connectivity index (χ0) is 25.7. The molecule has 1 aromatic carbocycles. The minimum Gasteiger partial charge on any atom is -0.493 e. The third kappa shape index (κ3) is 5.62. The number of hydrogen-bond donors (Lipinski definition) is 1. The van der Waals surface area contributed by atoms with E-state index in [0.717, 1.165) is 49.0 Å². The third-order valence-electron chi connectivity index (χ3n) is 7.36. The lowest BCUT2D eigenvalue weighted by atomic mass is 9.71. The van der Waals surface area contributed by atoms with Crippen LogP contribution in [0.25, 0.3) is 6.08 Å². The fourth-order valence-electron chi connectivity index (χ4n) is 5.03. The molecule has 1 spiro atoms. The van der Waals surface area contributed by atoms with Crippen LogP contribution in [-0.2, 0) is 22.4 Å². The van der Waals surface area contributed by atoms with Gasteiger partial charge in [0.15, 0.2) is 17.3 Å². The number of carbonyl (C=O) groups is 2. The molecule has 7 heteroatoms. The van der Waals surface area contributed by atoms with Crippen molar-refractivity contribution in [3.8, 4) is 11.5 Å². The molecule has 2 aliphatic heterocycles. The lowest BCUT2D eigenvalue weighted by molar-refractivity contribution is -0.128. The van der Waals surface area contributed by atoms with Gasteiger partial charge < -0.3 is 19.7 Å². The van der Waals surface area contributed by atoms with Crippen molar-refractivity contribution >= 4 is 23.6 Å². The predicted molar refractivity (Wildman–Crippen MR) is 141 cm³/mol. The molecule has 4 rings (SSSR count). The second-order valence-corrected chi connectivity index (χ2v) is 10.1. The molecule has 1 amide bonds. The summed E-state index contributed by atoms with van der Waals surface area (Å²) in [5.74, 6) is 1.95. The Labute approximate surface area is 213 Å². The lowest BCUT2D eigenvalue weighted by Crippen LogP contribution is -2.49. The van der Waals surface area contributed by atoms with Crippen molar-refractivity contribution in [2.45, 2.75) is 46.0 Å². The summed E-state index contributed by atoms with van der Waals surface area (Å²) in [6.45, 7) is 6.42. The maximum Gasteiger partial charge on any atom is 0.232 e. The Bertz CT molecular complexity index is 1140. The number of benzene rings is 1. The Kier molecular flexibility index (Phi) is 8.09. The molecule has 7 nitrogen and oxygen atoms in total. The van der Waals surface area contributed by atoms with E-state index in [4.69, 9.17) is 9.47 Å². The van der Waals surface area contributed by atoms with Crippen LogP contribution in [0.3, 0.4) is 0 Å². The topological polar surface area (TPSA) is 80.8 Å². The largest absolute Gasteiger partial charge is 0.493 e. The van der Waals surface area contributed by atoms with Gasteiger partial charge in [-0.05, 0) is 93.2 Å². The van der Waals surface area contributed by atoms with Crippen molar-refractivity contribution in [2.24, 2.45) is 11.3 Å². The number of para-hydroxylation sites is 1. The number of fused-ring (bicyclic) bond motifs is 1. The van der Waals surface area contributed by atoms with E-state index in [1.54, 1.807) is 19.4 Å². The lowest BCUT2D eigenvalue weighted by Gasteiger charge is -2.42. The first kappa shape index (κ1) is 25.9. The van der Waals surface area contributed by atoms with E-state index >= 15 is 0 Å². The predicted octanol–water partition coefficient (Wildman–Crippen LogP) is 4.55. The molecule has 0 radical (unpaired) electrons. The van der Waals surface area contributed by atoms with Gasteiger partial charge in [-0.2, -0.15) is 0 Å². The Morgan fingerprint density at radius 1 is 1.31 bits per heavy atom. The van der Waals surface area contributed by atoms with E-state index in [2.05, 4.69) is 35.2 Å². The van der Waals surface area contributed by atoms with Gasteiger partial charge in [-0.15, -0.1) is 0 Å². The molecule has 0 aliphatic carbocycles. The summed E-state index contributed by atoms with van der Waals surface area (Å²) in [6, 6.07) is 7.84. The normalized spacial score (nSPS) is 18.1. The Morgan fingerprint density at radius 2 is 2.08 bits per heavy atom. The van der Waals surface area contributed by atoms with Crippen LogP contribution < -0.4 is 14.8 Å². The number of piperidine rings is 1. The van der Waals surface area contributed by atoms with Crippen LogP contribution in [-0.4, -0.2) is 55.4 Å². The number of aromatic nitrogens is 1. The molecule has 1 atom stereocenters. The molecule has 2 aromatic rings. The number of amides is 1. The molecule has 0 saturated carbocycles. The highest BCUT2D eigenvalue weighted by molar-refractivity contribution is 5.98. The summed E-state index contributed by atoms with van der Waals surface area (Å²) in [4.78, 5) is 32.6. The number of likely N-dealkylation sites (tertiary alicyclic amines) is 1. The Hall–Kier alpha value is -3.19. The number of ether oxygens (including phenoxy) is 2. The average Bonchev–Trinajstić information content (AvgIpc) is 2.88. The first-order chi connectivity index (χ1) is 17.3. The summed E-state index contributed by atoms with van der Waals surface area (Å²) < 4.78 is 11.4. The van der Waals surface area contributed by atoms with Crippen molar-refractivity contribution in [3.63, 3.8) is 0 Å². The maximum atomic E-state index is 13.0. The van der Waals surface area contributed by atoms with Gasteiger partial charge >= 0.3 is 0 Å². The molecule has 1 aromatic heterocycles. The summed E-state index contributed by atoms with van der Waals surface area (Å²) in [7, 11) is 3.72. The van der Waals surface area contributed by atoms with Crippen LogP contribution in [0.5, 0.6) is 11.5 Å². The highest BCUT2D eigenvalue weighted by Crippen LogP contribution is 2.41. The third-order valence-corrected chi connectivity index (χ3v) is 7.36. The first-order valence-electron chi connectivity index (χ1n) is 12.8. The number of carbonyl (C=O) groups excluding carboxylic acids is 2. The highest BCUT2D eigenvalue weighted by Gasteiger charge is 2.44. The van der Waals surface area contributed by atoms with Crippen molar-refractivity contribution in [2.75, 3.05) is 39.2 Å². The molecule has 1 unspecified atom stereocenters. The molecular weight excluding hydrogens is 454 g/mol. The maximum absolute atomic E-state index is 13.0. The van der Waals surface area contributed by atoms with Gasteiger partial charge in [-0.1, -0.05) is 26.0 Å². The molecular formula is C29H37N3O4. The quantitative estimate of drug-likeness (QED) is 0.519. The molecule has 1 N–H and O–H groups in total. The fraction of sp³-hybridized carbons (Fsp3) is 0.483. The zero-order valence-electron chi connectivity index (χ0n) is 21.8. The summed E-state index contributed by atoms with van der Waals surface area (Å²) in [6.07, 6.45) is 9.00. The second kappa shape index (κ2) is 11.2. The molecule has 192 valence electrons. The number of anilines is 1. The second-order valence-electron chi connectivity index (χ2n) is 10.1. The van der Waals surface area contributed by atoms with E-state index < -0.39 is 0 Å². The van der Waals surface area contributed by atoms with Crippen molar-refractivity contribution in [1.82, 2.24) is 9.88 Å². The number of allylic oxidation sites excluding steroid dienone is 1. The zero-order valence-corrected chi connectivity index (χ0v) is 21.8. The van der Waals surface area contributed by atoms with Gasteiger partial charge in [0.1, 0.15) is 5.82 Å². The van der Waals surface area contributed by atoms with E-state index in [1.165, 1.54) is 0 Å². The van der Waals surface area contributed by atoms with Gasteiger partial charge in [-0.25, -0.2) is 4.98 Å². The molecule has 1 fully saturated rings. The van der Waals surface area contributed by atoms with Crippen LogP contribution in [0.4, 0.5) is 5.82 Å².